The number of nitrogens with one attached hydrogen (secondary N) is 1. The number of hydrogen-bond donors (Lipinski definition) is 1. The Labute approximate surface area is 133 Å². The quantitative estimate of drug-likeness (QED) is 0.804. The second-order valence-corrected chi connectivity index (χ2v) is 6.51. The van der Waals surface area contributed by atoms with Gasteiger partial charge in [0.25, 0.3) is 0 Å². The van der Waals surface area contributed by atoms with Crippen LogP contribution in [0, 0.1) is 5.82 Å². The number of rotatable bonds is 5. The molecule has 110 valence electrons. The van der Waals surface area contributed by atoms with Gasteiger partial charge in [0.15, 0.2) is 0 Å². The highest BCUT2D eigenvalue weighted by atomic mass is 79.9. The van der Waals surface area contributed by atoms with Gasteiger partial charge in [0, 0.05) is 17.0 Å². The molecule has 1 saturated carbocycles. The Morgan fingerprint density at radius 2 is 1.86 bits per heavy atom. The van der Waals surface area contributed by atoms with Gasteiger partial charge in [0.1, 0.15) is 5.82 Å². The maximum atomic E-state index is 14.6. The Balaban J connectivity index is 2.05. The third-order valence-corrected chi connectivity index (χ3v) is 5.00. The predicted molar refractivity (Wildman–Crippen MR) is 87.9 cm³/mol. The summed E-state index contributed by atoms with van der Waals surface area (Å²) in [5, 5.41) is 3.51. The summed E-state index contributed by atoms with van der Waals surface area (Å²) in [6.45, 7) is 2.90. The smallest absolute Gasteiger partial charge is 0.142 e. The molecule has 1 N–H and O–H groups in total. The van der Waals surface area contributed by atoms with Crippen LogP contribution in [0.25, 0.3) is 0 Å². The van der Waals surface area contributed by atoms with Crippen LogP contribution in [0.5, 0.6) is 0 Å². The molecule has 0 spiro atoms. The topological polar surface area (TPSA) is 12.0 Å². The van der Waals surface area contributed by atoms with Crippen molar-refractivity contribution in [1.29, 1.82) is 0 Å². The van der Waals surface area contributed by atoms with Crippen LogP contribution >= 0.6 is 15.9 Å². The average molecular weight is 348 g/mol. The fourth-order valence-corrected chi connectivity index (χ4v) is 3.58. The van der Waals surface area contributed by atoms with Crippen LogP contribution in [-0.2, 0) is 5.41 Å². The molecule has 21 heavy (non-hydrogen) atoms. The fraction of sp³-hybridized carbons (Fsp3) is 0.333. The van der Waals surface area contributed by atoms with Crippen molar-refractivity contribution in [3.05, 3.63) is 69.9 Å². The second-order valence-electron chi connectivity index (χ2n) is 5.66. The number of likely N-dealkylation sites (N-methyl/N-ethyl adjacent to an activating group) is 1. The first kappa shape index (κ1) is 14.7. The fourth-order valence-electron chi connectivity index (χ4n) is 3.20. The van der Waals surface area contributed by atoms with E-state index in [1.165, 1.54) is 5.56 Å². The van der Waals surface area contributed by atoms with E-state index in [-0.39, 0.29) is 17.3 Å². The SMILES string of the molecule is CCNC(c1cccc(Br)c1F)C1(c2ccccc2)CC1. The van der Waals surface area contributed by atoms with E-state index in [9.17, 15) is 4.39 Å². The minimum absolute atomic E-state index is 0.0161. The molecule has 0 amide bonds. The van der Waals surface area contributed by atoms with Crippen LogP contribution in [0.15, 0.2) is 53.0 Å². The van der Waals surface area contributed by atoms with E-state index >= 15 is 0 Å². The van der Waals surface area contributed by atoms with Crippen LogP contribution in [0.4, 0.5) is 4.39 Å². The predicted octanol–water partition coefficient (Wildman–Crippen LogP) is 4.97. The lowest BCUT2D eigenvalue weighted by Gasteiger charge is -2.29. The molecule has 0 heterocycles. The molecule has 0 radical (unpaired) electrons. The summed E-state index contributed by atoms with van der Waals surface area (Å²) in [5.74, 6) is -0.148. The zero-order chi connectivity index (χ0) is 14.9. The van der Waals surface area contributed by atoms with Crippen molar-refractivity contribution in [2.75, 3.05) is 6.54 Å². The molecule has 1 unspecified atom stereocenters. The maximum Gasteiger partial charge on any atom is 0.142 e. The molecule has 0 bridgehead atoms. The van der Waals surface area contributed by atoms with E-state index in [2.05, 4.69) is 52.4 Å². The van der Waals surface area contributed by atoms with Crippen molar-refractivity contribution in [1.82, 2.24) is 5.32 Å². The standard InChI is InChI=1S/C18H19BrFN/c1-2-21-17(14-9-6-10-15(19)16(14)20)18(11-12-18)13-7-4-3-5-8-13/h3-10,17,21H,2,11-12H2,1H3. The van der Waals surface area contributed by atoms with Crippen molar-refractivity contribution < 1.29 is 4.39 Å². The maximum absolute atomic E-state index is 14.6. The van der Waals surface area contributed by atoms with Crippen LogP contribution in [0.3, 0.4) is 0 Å². The van der Waals surface area contributed by atoms with Gasteiger partial charge < -0.3 is 5.32 Å². The first-order valence-electron chi connectivity index (χ1n) is 7.42. The first-order chi connectivity index (χ1) is 10.2. The van der Waals surface area contributed by atoms with Crippen LogP contribution in [-0.4, -0.2) is 6.54 Å². The van der Waals surface area contributed by atoms with Gasteiger partial charge in [-0.1, -0.05) is 49.4 Å². The molecule has 1 fully saturated rings. The average Bonchev–Trinajstić information content (AvgIpc) is 3.31. The molecular formula is C18H19BrFN. The summed E-state index contributed by atoms with van der Waals surface area (Å²) in [7, 11) is 0. The number of halogens is 2. The van der Waals surface area contributed by atoms with Gasteiger partial charge in [-0.05, 0) is 46.9 Å². The summed E-state index contributed by atoms with van der Waals surface area (Å²) < 4.78 is 15.1. The molecule has 2 aromatic rings. The minimum atomic E-state index is -0.148. The third-order valence-electron chi connectivity index (χ3n) is 4.39. The normalized spacial score (nSPS) is 17.5. The van der Waals surface area contributed by atoms with Crippen LogP contribution < -0.4 is 5.32 Å². The first-order valence-corrected chi connectivity index (χ1v) is 8.21. The van der Waals surface area contributed by atoms with E-state index in [4.69, 9.17) is 0 Å². The Hall–Kier alpha value is -1.19. The number of hydrogen-bond acceptors (Lipinski definition) is 1. The van der Waals surface area contributed by atoms with Gasteiger partial charge in [-0.3, -0.25) is 0 Å². The van der Waals surface area contributed by atoms with Gasteiger partial charge in [0.2, 0.25) is 0 Å². The zero-order valence-electron chi connectivity index (χ0n) is 12.1. The highest BCUT2D eigenvalue weighted by Gasteiger charge is 2.51. The summed E-state index contributed by atoms with van der Waals surface area (Å²) in [5.41, 5.74) is 2.08. The molecule has 0 saturated heterocycles. The van der Waals surface area contributed by atoms with E-state index in [0.29, 0.717) is 4.47 Å². The van der Waals surface area contributed by atoms with Gasteiger partial charge in [-0.15, -0.1) is 0 Å². The van der Waals surface area contributed by atoms with Crippen molar-refractivity contribution >= 4 is 15.9 Å². The van der Waals surface area contributed by atoms with Crippen molar-refractivity contribution in [3.63, 3.8) is 0 Å². The largest absolute Gasteiger partial charge is 0.309 e. The Bertz CT molecular complexity index is 622. The second kappa shape index (κ2) is 5.90. The van der Waals surface area contributed by atoms with Crippen molar-refractivity contribution in [2.24, 2.45) is 0 Å². The molecule has 2 aromatic carbocycles. The van der Waals surface area contributed by atoms with E-state index in [0.717, 1.165) is 24.9 Å². The third kappa shape index (κ3) is 2.65. The minimum Gasteiger partial charge on any atom is -0.309 e. The van der Waals surface area contributed by atoms with Crippen LogP contribution in [0.1, 0.15) is 36.9 Å². The van der Waals surface area contributed by atoms with Gasteiger partial charge in [-0.25, -0.2) is 4.39 Å². The molecule has 3 rings (SSSR count). The lowest BCUT2D eigenvalue weighted by Crippen LogP contribution is -2.33. The molecule has 0 aliphatic heterocycles. The Kier molecular flexibility index (Phi) is 4.14. The van der Waals surface area contributed by atoms with Gasteiger partial charge >= 0.3 is 0 Å². The Morgan fingerprint density at radius 3 is 2.48 bits per heavy atom. The van der Waals surface area contributed by atoms with Crippen molar-refractivity contribution in [3.8, 4) is 0 Å². The monoisotopic (exact) mass is 347 g/mol. The highest BCUT2D eigenvalue weighted by Crippen LogP contribution is 2.56. The van der Waals surface area contributed by atoms with Crippen LogP contribution in [0.2, 0.25) is 0 Å². The zero-order valence-corrected chi connectivity index (χ0v) is 13.7. The lowest BCUT2D eigenvalue weighted by atomic mass is 9.83. The molecule has 1 aliphatic rings. The van der Waals surface area contributed by atoms with Gasteiger partial charge in [0.05, 0.1) is 4.47 Å². The number of benzene rings is 2. The lowest BCUT2D eigenvalue weighted by molar-refractivity contribution is 0.420. The van der Waals surface area contributed by atoms with E-state index in [1.807, 2.05) is 18.2 Å². The molecular weight excluding hydrogens is 329 g/mol. The van der Waals surface area contributed by atoms with E-state index < -0.39 is 0 Å². The summed E-state index contributed by atoms with van der Waals surface area (Å²) in [4.78, 5) is 0. The van der Waals surface area contributed by atoms with Gasteiger partial charge in [-0.2, -0.15) is 0 Å². The molecule has 1 aliphatic carbocycles. The summed E-state index contributed by atoms with van der Waals surface area (Å²) in [6.07, 6.45) is 2.20. The molecule has 1 nitrogen and oxygen atoms in total. The molecule has 3 heteroatoms. The van der Waals surface area contributed by atoms with Crippen molar-refractivity contribution in [2.45, 2.75) is 31.2 Å². The Morgan fingerprint density at radius 1 is 1.14 bits per heavy atom. The summed E-state index contributed by atoms with van der Waals surface area (Å²) in [6, 6.07) is 16.1. The molecule has 1 atom stereocenters. The summed E-state index contributed by atoms with van der Waals surface area (Å²) >= 11 is 3.31. The van der Waals surface area contributed by atoms with E-state index in [1.54, 1.807) is 6.07 Å². The molecule has 0 aromatic heterocycles. The highest BCUT2D eigenvalue weighted by molar-refractivity contribution is 9.10.